The van der Waals surface area contributed by atoms with Crippen LogP contribution in [-0.2, 0) is 4.79 Å². The van der Waals surface area contributed by atoms with Crippen LogP contribution >= 0.6 is 0 Å². The Kier molecular flexibility index (Phi) is 6.67. The van der Waals surface area contributed by atoms with Crippen molar-refractivity contribution in [1.29, 1.82) is 0 Å². The van der Waals surface area contributed by atoms with Gasteiger partial charge in [0.2, 0.25) is 0 Å². The van der Waals surface area contributed by atoms with Gasteiger partial charge in [-0.1, -0.05) is 13.8 Å². The van der Waals surface area contributed by atoms with Gasteiger partial charge in [-0.25, -0.2) is 4.79 Å². The number of rotatable bonds is 8. The molecule has 0 unspecified atom stereocenters. The first-order valence-corrected chi connectivity index (χ1v) is 8.79. The fourth-order valence-electron chi connectivity index (χ4n) is 3.03. The summed E-state index contributed by atoms with van der Waals surface area (Å²) < 4.78 is 11.3. The summed E-state index contributed by atoms with van der Waals surface area (Å²) in [6.45, 7) is 3.84. The van der Waals surface area contributed by atoms with E-state index in [2.05, 4.69) is 5.32 Å². The second kappa shape index (κ2) is 8.74. The molecule has 1 saturated carbocycles. The zero-order valence-corrected chi connectivity index (χ0v) is 15.1. The summed E-state index contributed by atoms with van der Waals surface area (Å²) in [5.41, 5.74) is 0.365. The molecule has 1 aliphatic carbocycles. The van der Waals surface area contributed by atoms with E-state index in [1.54, 1.807) is 25.3 Å². The molecule has 1 atom stereocenters. The third kappa shape index (κ3) is 5.37. The Balaban J connectivity index is 2.14. The summed E-state index contributed by atoms with van der Waals surface area (Å²) in [6, 6.07) is 4.01. The summed E-state index contributed by atoms with van der Waals surface area (Å²) >= 11 is 0. The Morgan fingerprint density at radius 1 is 1.24 bits per heavy atom. The summed E-state index contributed by atoms with van der Waals surface area (Å²) in [5, 5.41) is 11.9. The van der Waals surface area contributed by atoms with Crippen LogP contribution in [-0.4, -0.2) is 36.2 Å². The van der Waals surface area contributed by atoms with Crippen molar-refractivity contribution >= 4 is 11.9 Å². The summed E-state index contributed by atoms with van der Waals surface area (Å²) in [4.78, 5) is 23.8. The Labute approximate surface area is 148 Å². The molecule has 2 N–H and O–H groups in total. The first kappa shape index (κ1) is 19.1. The maximum Gasteiger partial charge on any atom is 0.326 e. The lowest BCUT2D eigenvalue weighted by Crippen LogP contribution is -2.41. The van der Waals surface area contributed by atoms with Gasteiger partial charge in [0, 0.05) is 5.56 Å². The second-order valence-corrected chi connectivity index (χ2v) is 6.88. The highest BCUT2D eigenvalue weighted by atomic mass is 16.5. The van der Waals surface area contributed by atoms with Crippen LogP contribution in [0.15, 0.2) is 18.2 Å². The Morgan fingerprint density at radius 3 is 2.48 bits per heavy atom. The maximum absolute atomic E-state index is 12.5. The first-order chi connectivity index (χ1) is 11.9. The lowest BCUT2D eigenvalue weighted by molar-refractivity contribution is -0.139. The lowest BCUT2D eigenvalue weighted by Gasteiger charge is -2.18. The number of carbonyl (C=O) groups is 2. The Hall–Kier alpha value is -2.24. The number of hydrogen-bond donors (Lipinski definition) is 2. The zero-order valence-electron chi connectivity index (χ0n) is 15.1. The standard InChI is InChI=1S/C19H27NO5/c1-12(2)10-15(19(22)23)20-18(21)13-8-9-16(24-3)17(11-13)25-14-6-4-5-7-14/h8-9,11-12,14-15H,4-7,10H2,1-3H3,(H,20,21)(H,22,23)/t15-/m0/s1. The molecule has 0 radical (unpaired) electrons. The van der Waals surface area contributed by atoms with E-state index >= 15 is 0 Å². The van der Waals surface area contributed by atoms with Gasteiger partial charge in [0.1, 0.15) is 6.04 Å². The minimum absolute atomic E-state index is 0.139. The van der Waals surface area contributed by atoms with E-state index in [1.807, 2.05) is 13.8 Å². The second-order valence-electron chi connectivity index (χ2n) is 6.88. The van der Waals surface area contributed by atoms with Crippen molar-refractivity contribution in [3.63, 3.8) is 0 Å². The molecule has 1 aromatic rings. The van der Waals surface area contributed by atoms with Crippen molar-refractivity contribution in [3.05, 3.63) is 23.8 Å². The zero-order chi connectivity index (χ0) is 18.4. The molecular formula is C19H27NO5. The normalized spacial score (nSPS) is 15.8. The Bertz CT molecular complexity index is 608. The molecule has 6 heteroatoms. The molecule has 2 rings (SSSR count). The van der Waals surface area contributed by atoms with E-state index in [1.165, 1.54) is 0 Å². The van der Waals surface area contributed by atoms with Gasteiger partial charge in [-0.05, 0) is 56.2 Å². The molecule has 1 amide bonds. The molecule has 138 valence electrons. The van der Waals surface area contributed by atoms with Crippen molar-refractivity contribution in [1.82, 2.24) is 5.32 Å². The number of aliphatic carboxylic acids is 1. The molecule has 25 heavy (non-hydrogen) atoms. The molecule has 6 nitrogen and oxygen atoms in total. The molecule has 0 aromatic heterocycles. The molecule has 0 saturated heterocycles. The third-order valence-corrected chi connectivity index (χ3v) is 4.33. The maximum atomic E-state index is 12.5. The van der Waals surface area contributed by atoms with Crippen LogP contribution in [0.2, 0.25) is 0 Å². The number of ether oxygens (including phenoxy) is 2. The number of benzene rings is 1. The van der Waals surface area contributed by atoms with Gasteiger partial charge >= 0.3 is 5.97 Å². The van der Waals surface area contributed by atoms with Crippen LogP contribution in [0.5, 0.6) is 11.5 Å². The van der Waals surface area contributed by atoms with E-state index in [9.17, 15) is 14.7 Å². The molecule has 1 aromatic carbocycles. The van der Waals surface area contributed by atoms with Gasteiger partial charge in [-0.15, -0.1) is 0 Å². The van der Waals surface area contributed by atoms with E-state index in [-0.39, 0.29) is 12.0 Å². The monoisotopic (exact) mass is 349 g/mol. The van der Waals surface area contributed by atoms with Gasteiger partial charge in [0.05, 0.1) is 13.2 Å². The quantitative estimate of drug-likeness (QED) is 0.752. The average Bonchev–Trinajstić information content (AvgIpc) is 3.06. The number of amides is 1. The molecule has 0 bridgehead atoms. The number of carbonyl (C=O) groups excluding carboxylic acids is 1. The summed E-state index contributed by atoms with van der Waals surface area (Å²) in [5.74, 6) is -0.193. The van der Waals surface area contributed by atoms with Gasteiger partial charge in [0.25, 0.3) is 5.91 Å². The van der Waals surface area contributed by atoms with E-state index in [0.29, 0.717) is 23.5 Å². The Morgan fingerprint density at radius 2 is 1.92 bits per heavy atom. The number of carboxylic acid groups (broad SMARTS) is 1. The summed E-state index contributed by atoms with van der Waals surface area (Å²) in [6.07, 6.45) is 4.79. The highest BCUT2D eigenvalue weighted by molar-refractivity contribution is 5.97. The average molecular weight is 349 g/mol. The number of hydrogen-bond acceptors (Lipinski definition) is 4. The molecule has 1 fully saturated rings. The van der Waals surface area contributed by atoms with E-state index in [0.717, 1.165) is 25.7 Å². The van der Waals surface area contributed by atoms with Crippen LogP contribution in [0.4, 0.5) is 0 Å². The third-order valence-electron chi connectivity index (χ3n) is 4.33. The van der Waals surface area contributed by atoms with Crippen LogP contribution in [0.1, 0.15) is 56.3 Å². The van der Waals surface area contributed by atoms with Crippen molar-refractivity contribution in [2.75, 3.05) is 7.11 Å². The van der Waals surface area contributed by atoms with Crippen molar-refractivity contribution < 1.29 is 24.2 Å². The highest BCUT2D eigenvalue weighted by Crippen LogP contribution is 2.32. The van der Waals surface area contributed by atoms with Gasteiger partial charge in [-0.3, -0.25) is 4.79 Å². The largest absolute Gasteiger partial charge is 0.493 e. The smallest absolute Gasteiger partial charge is 0.326 e. The summed E-state index contributed by atoms with van der Waals surface area (Å²) in [7, 11) is 1.56. The first-order valence-electron chi connectivity index (χ1n) is 8.79. The number of carboxylic acids is 1. The SMILES string of the molecule is COc1ccc(C(=O)N[C@@H](CC(C)C)C(=O)O)cc1OC1CCCC1. The van der Waals surface area contributed by atoms with Crippen LogP contribution < -0.4 is 14.8 Å². The highest BCUT2D eigenvalue weighted by Gasteiger charge is 2.23. The number of nitrogens with one attached hydrogen (secondary N) is 1. The van der Waals surface area contributed by atoms with Crippen LogP contribution in [0.3, 0.4) is 0 Å². The number of methoxy groups -OCH3 is 1. The lowest BCUT2D eigenvalue weighted by atomic mass is 10.0. The minimum atomic E-state index is -1.03. The minimum Gasteiger partial charge on any atom is -0.493 e. The molecular weight excluding hydrogens is 322 g/mol. The predicted octanol–water partition coefficient (Wildman–Crippen LogP) is 3.25. The van der Waals surface area contributed by atoms with E-state index in [4.69, 9.17) is 9.47 Å². The van der Waals surface area contributed by atoms with Crippen LogP contribution in [0, 0.1) is 5.92 Å². The predicted molar refractivity (Wildman–Crippen MR) is 94.2 cm³/mol. The molecule has 0 spiro atoms. The van der Waals surface area contributed by atoms with Crippen molar-refractivity contribution in [3.8, 4) is 11.5 Å². The van der Waals surface area contributed by atoms with Crippen molar-refractivity contribution in [2.24, 2.45) is 5.92 Å². The molecule has 0 aliphatic heterocycles. The fourth-order valence-corrected chi connectivity index (χ4v) is 3.03. The van der Waals surface area contributed by atoms with Gasteiger partial charge < -0.3 is 19.9 Å². The van der Waals surface area contributed by atoms with Crippen molar-refractivity contribution in [2.45, 2.75) is 58.1 Å². The van der Waals surface area contributed by atoms with E-state index < -0.39 is 17.9 Å². The van der Waals surface area contributed by atoms with Gasteiger partial charge in [0.15, 0.2) is 11.5 Å². The molecule has 1 aliphatic rings. The fraction of sp³-hybridized carbons (Fsp3) is 0.579. The van der Waals surface area contributed by atoms with Crippen LogP contribution in [0.25, 0.3) is 0 Å². The topological polar surface area (TPSA) is 84.9 Å². The van der Waals surface area contributed by atoms with Gasteiger partial charge in [-0.2, -0.15) is 0 Å². The molecule has 0 heterocycles.